The van der Waals surface area contributed by atoms with E-state index in [0.717, 1.165) is 44.8 Å². The van der Waals surface area contributed by atoms with Gasteiger partial charge in [0.1, 0.15) is 6.04 Å². The summed E-state index contributed by atoms with van der Waals surface area (Å²) in [6, 6.07) is 14.3. The average Bonchev–Trinajstić information content (AvgIpc) is 3.62. The van der Waals surface area contributed by atoms with Gasteiger partial charge in [-0.1, -0.05) is 18.2 Å². The highest BCUT2D eigenvalue weighted by Gasteiger charge is 2.39. The number of benzene rings is 1. The number of imide groups is 1. The van der Waals surface area contributed by atoms with Crippen LogP contribution in [-0.4, -0.2) is 64.6 Å². The van der Waals surface area contributed by atoms with Crippen molar-refractivity contribution < 1.29 is 14.4 Å². The Balaban J connectivity index is 1.03. The molecule has 3 amide bonds. The number of piperazine rings is 1. The third-order valence-electron chi connectivity index (χ3n) is 7.26. The van der Waals surface area contributed by atoms with Crippen LogP contribution < -0.4 is 5.32 Å². The smallest absolute Gasteiger partial charge is 0.255 e. The van der Waals surface area contributed by atoms with E-state index in [2.05, 4.69) is 50.8 Å². The maximum atomic E-state index is 12.9. The van der Waals surface area contributed by atoms with Gasteiger partial charge < -0.3 is 4.90 Å². The molecule has 7 nitrogen and oxygen atoms in total. The van der Waals surface area contributed by atoms with E-state index in [9.17, 15) is 14.4 Å². The molecule has 0 bridgehead atoms. The third kappa shape index (κ3) is 4.76. The highest BCUT2D eigenvalue weighted by atomic mass is 32.1. The lowest BCUT2D eigenvalue weighted by atomic mass is 10.0. The first-order valence-electron chi connectivity index (χ1n) is 12.4. The quantitative estimate of drug-likeness (QED) is 0.504. The van der Waals surface area contributed by atoms with Gasteiger partial charge in [0.05, 0.1) is 0 Å². The lowest BCUT2D eigenvalue weighted by Crippen LogP contribution is -2.52. The second-order valence-corrected chi connectivity index (χ2v) is 11.8. The molecule has 9 heteroatoms. The number of rotatable bonds is 6. The van der Waals surface area contributed by atoms with E-state index in [1.54, 1.807) is 16.2 Å². The number of piperidine rings is 1. The van der Waals surface area contributed by atoms with Gasteiger partial charge in [-0.05, 0) is 47.2 Å². The molecule has 0 saturated carbocycles. The second-order valence-electron chi connectivity index (χ2n) is 9.69. The normalized spacial score (nSPS) is 21.2. The molecule has 36 heavy (non-hydrogen) atoms. The molecule has 3 aliphatic rings. The lowest BCUT2D eigenvalue weighted by Gasteiger charge is -2.34. The molecule has 1 aromatic carbocycles. The van der Waals surface area contributed by atoms with Gasteiger partial charge in [-0.3, -0.25) is 29.5 Å². The Hall–Kier alpha value is -2.85. The summed E-state index contributed by atoms with van der Waals surface area (Å²) >= 11 is 3.68. The minimum atomic E-state index is -0.566. The van der Waals surface area contributed by atoms with Crippen molar-refractivity contribution in [2.75, 3.05) is 26.2 Å². The van der Waals surface area contributed by atoms with Crippen molar-refractivity contribution in [1.82, 2.24) is 20.0 Å². The molecule has 0 spiro atoms. The fraction of sp³-hybridized carbons (Fsp3) is 0.370. The van der Waals surface area contributed by atoms with Gasteiger partial charge in [-0.2, -0.15) is 0 Å². The second kappa shape index (κ2) is 9.89. The zero-order chi connectivity index (χ0) is 24.6. The predicted molar refractivity (Wildman–Crippen MR) is 141 cm³/mol. The fourth-order valence-electron chi connectivity index (χ4n) is 5.32. The summed E-state index contributed by atoms with van der Waals surface area (Å²) in [7, 11) is 0. The SMILES string of the molecule is O=C1CCC(N2Cc3cc(CN4CCN(Cc5ccc(-c6cccs6)s5)CC4)ccc3C2=O)C(=O)N1. The van der Waals surface area contributed by atoms with Crippen LogP contribution in [0.25, 0.3) is 9.75 Å². The Morgan fingerprint density at radius 1 is 0.917 bits per heavy atom. The molecule has 1 unspecified atom stereocenters. The molecule has 2 fully saturated rings. The number of amides is 3. The first kappa shape index (κ1) is 23.5. The number of hydrogen-bond acceptors (Lipinski definition) is 7. The number of fused-ring (bicyclic) bond motifs is 1. The molecule has 6 rings (SSSR count). The molecule has 186 valence electrons. The summed E-state index contributed by atoms with van der Waals surface area (Å²) in [5, 5.41) is 4.49. The van der Waals surface area contributed by atoms with Gasteiger partial charge >= 0.3 is 0 Å². The topological polar surface area (TPSA) is 73.0 Å². The van der Waals surface area contributed by atoms with Gasteiger partial charge in [-0.15, -0.1) is 22.7 Å². The number of nitrogens with one attached hydrogen (secondary N) is 1. The molecule has 2 aromatic heterocycles. The summed E-state index contributed by atoms with van der Waals surface area (Å²) in [4.78, 5) is 47.4. The summed E-state index contributed by atoms with van der Waals surface area (Å²) in [5.41, 5.74) is 2.84. The number of carbonyl (C=O) groups excluding carboxylic acids is 3. The zero-order valence-corrected chi connectivity index (χ0v) is 21.6. The van der Waals surface area contributed by atoms with E-state index in [-0.39, 0.29) is 24.1 Å². The maximum absolute atomic E-state index is 12.9. The standard InChI is InChI=1S/C27H28N4O3S2/c32-25-8-6-22(26(33)28-25)31-16-19-14-18(3-5-21(19)27(31)34)15-29-9-11-30(12-10-29)17-20-4-7-24(36-20)23-2-1-13-35-23/h1-5,7,13-14,22H,6,8-12,15-17H2,(H,28,32,33). The number of hydrogen-bond donors (Lipinski definition) is 1. The molecule has 2 saturated heterocycles. The zero-order valence-electron chi connectivity index (χ0n) is 19.9. The number of carbonyl (C=O) groups is 3. The lowest BCUT2D eigenvalue weighted by molar-refractivity contribution is -0.136. The number of thiophene rings is 2. The van der Waals surface area contributed by atoms with Crippen molar-refractivity contribution in [1.29, 1.82) is 0 Å². The number of nitrogens with zero attached hydrogens (tertiary/aromatic N) is 3. The molecule has 3 aromatic rings. The van der Waals surface area contributed by atoms with Crippen molar-refractivity contribution in [2.45, 2.75) is 38.5 Å². The molecule has 5 heterocycles. The fourth-order valence-corrected chi connectivity index (χ4v) is 7.21. The highest BCUT2D eigenvalue weighted by Crippen LogP contribution is 2.32. The Bertz CT molecular complexity index is 1290. The molecular weight excluding hydrogens is 492 g/mol. The van der Waals surface area contributed by atoms with Crippen molar-refractivity contribution in [3.8, 4) is 9.75 Å². The first-order chi connectivity index (χ1) is 17.5. The van der Waals surface area contributed by atoms with Gasteiger partial charge in [0, 0.05) is 72.4 Å². The average molecular weight is 521 g/mol. The van der Waals surface area contributed by atoms with Crippen LogP contribution >= 0.6 is 22.7 Å². The third-order valence-corrected chi connectivity index (χ3v) is 9.40. The van der Waals surface area contributed by atoms with Crippen LogP contribution in [0.4, 0.5) is 0 Å². The molecule has 0 aliphatic carbocycles. The summed E-state index contributed by atoms with van der Waals surface area (Å²) in [5.74, 6) is -0.743. The van der Waals surface area contributed by atoms with Crippen LogP contribution in [-0.2, 0) is 29.2 Å². The van der Waals surface area contributed by atoms with Gasteiger partial charge in [0.15, 0.2) is 0 Å². The monoisotopic (exact) mass is 520 g/mol. The van der Waals surface area contributed by atoms with E-state index >= 15 is 0 Å². The van der Waals surface area contributed by atoms with Crippen LogP contribution in [0.3, 0.4) is 0 Å². The molecule has 0 radical (unpaired) electrons. The van der Waals surface area contributed by atoms with Crippen LogP contribution in [0.15, 0.2) is 47.8 Å². The van der Waals surface area contributed by atoms with Gasteiger partial charge in [-0.25, -0.2) is 0 Å². The largest absolute Gasteiger partial charge is 0.322 e. The Labute approximate surface area is 218 Å². The van der Waals surface area contributed by atoms with E-state index < -0.39 is 6.04 Å². The Morgan fingerprint density at radius 3 is 2.47 bits per heavy atom. The summed E-state index contributed by atoms with van der Waals surface area (Å²) < 4.78 is 0. The van der Waals surface area contributed by atoms with E-state index in [1.165, 1.54) is 20.2 Å². The van der Waals surface area contributed by atoms with Crippen LogP contribution in [0.1, 0.15) is 39.2 Å². The van der Waals surface area contributed by atoms with Crippen molar-refractivity contribution in [2.24, 2.45) is 0 Å². The molecule has 1 atom stereocenters. The van der Waals surface area contributed by atoms with Crippen LogP contribution in [0, 0.1) is 0 Å². The van der Waals surface area contributed by atoms with Crippen LogP contribution in [0.2, 0.25) is 0 Å². The predicted octanol–water partition coefficient (Wildman–Crippen LogP) is 3.56. The first-order valence-corrected chi connectivity index (χ1v) is 14.1. The van der Waals surface area contributed by atoms with E-state index in [0.29, 0.717) is 18.5 Å². The van der Waals surface area contributed by atoms with E-state index in [4.69, 9.17) is 0 Å². The summed E-state index contributed by atoms with van der Waals surface area (Å²) in [6.45, 7) is 6.40. The maximum Gasteiger partial charge on any atom is 0.255 e. The van der Waals surface area contributed by atoms with Crippen molar-refractivity contribution >= 4 is 40.4 Å². The molecule has 3 aliphatic heterocycles. The minimum Gasteiger partial charge on any atom is -0.322 e. The van der Waals surface area contributed by atoms with Crippen molar-refractivity contribution in [3.63, 3.8) is 0 Å². The Kier molecular flexibility index (Phi) is 6.47. The Morgan fingerprint density at radius 2 is 1.72 bits per heavy atom. The van der Waals surface area contributed by atoms with Gasteiger partial charge in [0.25, 0.3) is 5.91 Å². The molecule has 1 N–H and O–H groups in total. The van der Waals surface area contributed by atoms with Crippen molar-refractivity contribution in [3.05, 3.63) is 69.4 Å². The summed E-state index contributed by atoms with van der Waals surface area (Å²) in [6.07, 6.45) is 0.665. The van der Waals surface area contributed by atoms with E-state index in [1.807, 2.05) is 23.5 Å². The van der Waals surface area contributed by atoms with Crippen LogP contribution in [0.5, 0.6) is 0 Å². The minimum absolute atomic E-state index is 0.115. The molecular formula is C27H28N4O3S2. The highest BCUT2D eigenvalue weighted by molar-refractivity contribution is 7.21. The van der Waals surface area contributed by atoms with Gasteiger partial charge in [0.2, 0.25) is 11.8 Å².